The Morgan fingerprint density at radius 3 is 2.67 bits per heavy atom. The van der Waals surface area contributed by atoms with Crippen molar-refractivity contribution in [3.63, 3.8) is 0 Å². The third-order valence-corrected chi connectivity index (χ3v) is 2.93. The molecule has 0 aliphatic rings. The lowest BCUT2D eigenvalue weighted by Crippen LogP contribution is -2.40. The summed E-state index contributed by atoms with van der Waals surface area (Å²) >= 11 is 1.37. The van der Waals surface area contributed by atoms with Crippen LogP contribution in [-0.4, -0.2) is 29.3 Å². The summed E-state index contributed by atoms with van der Waals surface area (Å²) in [7, 11) is 0. The molecule has 0 radical (unpaired) electrons. The molecule has 0 atom stereocenters. The van der Waals surface area contributed by atoms with Crippen LogP contribution in [0.1, 0.15) is 5.01 Å². The number of carbonyl (C=O) groups is 1. The highest BCUT2D eigenvalue weighted by Gasteiger charge is 2.17. The first-order valence-electron chi connectivity index (χ1n) is 5.43. The average molecular weight is 264 g/mol. The van der Waals surface area contributed by atoms with Gasteiger partial charge in [-0.25, -0.2) is 4.79 Å². The van der Waals surface area contributed by atoms with Crippen molar-refractivity contribution in [2.24, 2.45) is 0 Å². The minimum Gasteiger partial charge on any atom is -0.334 e. The number of hydrogen-bond acceptors (Lipinski definition) is 4. The van der Waals surface area contributed by atoms with Crippen LogP contribution >= 0.6 is 11.3 Å². The zero-order valence-electron chi connectivity index (χ0n) is 10.1. The maximum Gasteiger partial charge on any atom is 0.324 e. The van der Waals surface area contributed by atoms with Gasteiger partial charge in [0.1, 0.15) is 5.01 Å². The summed E-state index contributed by atoms with van der Waals surface area (Å²) < 4.78 is 0. The molecule has 0 aromatic carbocycles. The summed E-state index contributed by atoms with van der Waals surface area (Å²) in [5.74, 6) is 0. The summed E-state index contributed by atoms with van der Waals surface area (Å²) in [5.41, 5.74) is 0. The first-order valence-corrected chi connectivity index (χ1v) is 6.25. The van der Waals surface area contributed by atoms with Crippen molar-refractivity contribution in [2.45, 2.75) is 6.42 Å². The molecule has 2 amide bonds. The maximum atomic E-state index is 11.9. The first kappa shape index (κ1) is 14.1. The van der Waals surface area contributed by atoms with E-state index >= 15 is 0 Å². The molecule has 96 valence electrons. The van der Waals surface area contributed by atoms with Crippen molar-refractivity contribution >= 4 is 22.5 Å². The van der Waals surface area contributed by atoms with Gasteiger partial charge in [0, 0.05) is 19.5 Å². The van der Waals surface area contributed by atoms with Gasteiger partial charge in [-0.05, 0) is 0 Å². The monoisotopic (exact) mass is 264 g/mol. The summed E-state index contributed by atoms with van der Waals surface area (Å²) in [4.78, 5) is 13.4. The lowest BCUT2D eigenvalue weighted by atomic mass is 10.5. The quantitative estimate of drug-likeness (QED) is 0.768. The van der Waals surface area contributed by atoms with Crippen LogP contribution in [0, 0.1) is 0 Å². The number of urea groups is 1. The highest BCUT2D eigenvalue weighted by molar-refractivity contribution is 7.15. The van der Waals surface area contributed by atoms with E-state index in [0.717, 1.165) is 5.01 Å². The van der Waals surface area contributed by atoms with Crippen molar-refractivity contribution in [1.29, 1.82) is 0 Å². The van der Waals surface area contributed by atoms with Gasteiger partial charge >= 0.3 is 6.03 Å². The van der Waals surface area contributed by atoms with E-state index in [4.69, 9.17) is 0 Å². The molecule has 0 aliphatic carbocycles. The van der Waals surface area contributed by atoms with Crippen LogP contribution in [0.15, 0.2) is 38.0 Å². The van der Waals surface area contributed by atoms with E-state index < -0.39 is 0 Å². The standard InChI is InChI=1S/C12H16N4OS/c1-4-7-10-14-15-12(18-10)16(9-6-3)11(17)13-8-5-2/h4-6H,1-3,7-9H2,(H,13,17). The average Bonchev–Trinajstić information content (AvgIpc) is 2.81. The summed E-state index contributed by atoms with van der Waals surface area (Å²) in [6.07, 6.45) is 5.66. The number of amides is 2. The molecule has 1 N–H and O–H groups in total. The molecule has 0 unspecified atom stereocenters. The Kier molecular flexibility index (Phi) is 5.79. The van der Waals surface area contributed by atoms with E-state index in [-0.39, 0.29) is 6.03 Å². The molecule has 1 rings (SSSR count). The molecular weight excluding hydrogens is 248 g/mol. The van der Waals surface area contributed by atoms with E-state index in [1.54, 1.807) is 18.2 Å². The van der Waals surface area contributed by atoms with Gasteiger partial charge in [0.15, 0.2) is 0 Å². The fourth-order valence-corrected chi connectivity index (χ4v) is 2.03. The Morgan fingerprint density at radius 2 is 2.06 bits per heavy atom. The number of nitrogens with zero attached hydrogens (tertiary/aromatic N) is 3. The molecular formula is C12H16N4OS. The van der Waals surface area contributed by atoms with Crippen molar-refractivity contribution in [1.82, 2.24) is 15.5 Å². The molecule has 6 heteroatoms. The topological polar surface area (TPSA) is 58.1 Å². The Bertz CT molecular complexity index is 441. The molecule has 1 heterocycles. The molecule has 0 saturated heterocycles. The van der Waals surface area contributed by atoms with E-state index in [1.807, 2.05) is 0 Å². The van der Waals surface area contributed by atoms with Gasteiger partial charge in [0.05, 0.1) is 0 Å². The number of rotatable bonds is 7. The predicted molar refractivity (Wildman–Crippen MR) is 74.9 cm³/mol. The summed E-state index contributed by atoms with van der Waals surface area (Å²) in [6.45, 7) is 11.6. The van der Waals surface area contributed by atoms with E-state index in [1.165, 1.54) is 16.2 Å². The van der Waals surface area contributed by atoms with Crippen LogP contribution in [0.3, 0.4) is 0 Å². The number of aromatic nitrogens is 2. The van der Waals surface area contributed by atoms with Crippen molar-refractivity contribution in [3.8, 4) is 0 Å². The number of hydrogen-bond donors (Lipinski definition) is 1. The van der Waals surface area contributed by atoms with Crippen molar-refractivity contribution < 1.29 is 4.79 Å². The second-order valence-corrected chi connectivity index (χ2v) is 4.39. The third kappa shape index (κ3) is 3.81. The lowest BCUT2D eigenvalue weighted by molar-refractivity contribution is 0.248. The maximum absolute atomic E-state index is 11.9. The van der Waals surface area contributed by atoms with Crippen LogP contribution < -0.4 is 10.2 Å². The number of nitrogens with one attached hydrogen (secondary N) is 1. The predicted octanol–water partition coefficient (Wildman–Crippen LogP) is 2.15. The fraction of sp³-hybridized carbons (Fsp3) is 0.250. The second kappa shape index (κ2) is 7.39. The lowest BCUT2D eigenvalue weighted by Gasteiger charge is -2.17. The van der Waals surface area contributed by atoms with Gasteiger partial charge in [-0.15, -0.1) is 29.9 Å². The van der Waals surface area contributed by atoms with E-state index in [9.17, 15) is 4.79 Å². The highest BCUT2D eigenvalue weighted by Crippen LogP contribution is 2.20. The largest absolute Gasteiger partial charge is 0.334 e. The number of allylic oxidation sites excluding steroid dienone is 1. The zero-order chi connectivity index (χ0) is 13.4. The van der Waals surface area contributed by atoms with Gasteiger partial charge in [-0.3, -0.25) is 4.90 Å². The van der Waals surface area contributed by atoms with Crippen molar-refractivity contribution in [3.05, 3.63) is 43.0 Å². The van der Waals surface area contributed by atoms with Gasteiger partial charge in [0.25, 0.3) is 0 Å². The van der Waals surface area contributed by atoms with Crippen LogP contribution in [-0.2, 0) is 6.42 Å². The third-order valence-electron chi connectivity index (χ3n) is 1.96. The molecule has 18 heavy (non-hydrogen) atoms. The number of anilines is 1. The number of carbonyl (C=O) groups excluding carboxylic acids is 1. The van der Waals surface area contributed by atoms with Gasteiger partial charge in [-0.2, -0.15) is 0 Å². The summed E-state index contributed by atoms with van der Waals surface area (Å²) in [5, 5.41) is 12.1. The molecule has 0 aliphatic heterocycles. The first-order chi connectivity index (χ1) is 8.72. The molecule has 0 spiro atoms. The van der Waals surface area contributed by atoms with Gasteiger partial charge < -0.3 is 5.32 Å². The smallest absolute Gasteiger partial charge is 0.324 e. The Hall–Kier alpha value is -1.95. The molecule has 1 aromatic rings. The normalized spacial score (nSPS) is 9.56. The van der Waals surface area contributed by atoms with Crippen LogP contribution in [0.4, 0.5) is 9.93 Å². The molecule has 0 saturated carbocycles. The second-order valence-electron chi connectivity index (χ2n) is 3.35. The highest BCUT2D eigenvalue weighted by atomic mass is 32.1. The minimum atomic E-state index is -0.240. The SMILES string of the molecule is C=CCNC(=O)N(CC=C)c1nnc(CC=C)s1. The van der Waals surface area contributed by atoms with Crippen LogP contribution in [0.25, 0.3) is 0 Å². The van der Waals surface area contributed by atoms with E-state index in [0.29, 0.717) is 24.6 Å². The van der Waals surface area contributed by atoms with Crippen LogP contribution in [0.5, 0.6) is 0 Å². The molecule has 0 bridgehead atoms. The molecule has 1 aromatic heterocycles. The van der Waals surface area contributed by atoms with Crippen molar-refractivity contribution in [2.75, 3.05) is 18.0 Å². The Labute approximate surface area is 111 Å². The van der Waals surface area contributed by atoms with E-state index in [2.05, 4.69) is 35.3 Å². The van der Waals surface area contributed by atoms with Crippen LogP contribution in [0.2, 0.25) is 0 Å². The van der Waals surface area contributed by atoms with Gasteiger partial charge in [0.2, 0.25) is 5.13 Å². The minimum absolute atomic E-state index is 0.240. The Balaban J connectivity index is 2.81. The fourth-order valence-electron chi connectivity index (χ4n) is 1.19. The zero-order valence-corrected chi connectivity index (χ0v) is 10.9. The van der Waals surface area contributed by atoms with Gasteiger partial charge in [-0.1, -0.05) is 29.6 Å². The molecule has 5 nitrogen and oxygen atoms in total. The molecule has 0 fully saturated rings. The Morgan fingerprint density at radius 1 is 1.28 bits per heavy atom. The summed E-state index contributed by atoms with van der Waals surface area (Å²) in [6, 6.07) is -0.240.